The van der Waals surface area contributed by atoms with E-state index in [-0.39, 0.29) is 23.7 Å². The van der Waals surface area contributed by atoms with Gasteiger partial charge in [0.15, 0.2) is 5.69 Å². The molecule has 10 heteroatoms. The van der Waals surface area contributed by atoms with Crippen LogP contribution in [0.4, 0.5) is 11.4 Å². The van der Waals surface area contributed by atoms with E-state index in [0.29, 0.717) is 15.9 Å². The highest BCUT2D eigenvalue weighted by molar-refractivity contribution is 7.10. The fourth-order valence-electron chi connectivity index (χ4n) is 2.77. The number of thiazole rings is 1. The molecule has 0 spiro atoms. The van der Waals surface area contributed by atoms with Crippen molar-refractivity contribution in [2.45, 2.75) is 6.42 Å². The summed E-state index contributed by atoms with van der Waals surface area (Å²) in [5.41, 5.74) is 1.99. The molecular formula is C19H13N5O4S. The number of fused-ring (bicyclic) bond motifs is 1. The summed E-state index contributed by atoms with van der Waals surface area (Å²) >= 11 is 1.34. The second-order valence-corrected chi connectivity index (χ2v) is 7.01. The zero-order valence-electron chi connectivity index (χ0n) is 14.8. The van der Waals surface area contributed by atoms with Crippen molar-refractivity contribution in [2.24, 2.45) is 10.2 Å². The van der Waals surface area contributed by atoms with E-state index in [1.165, 1.54) is 29.5 Å². The first-order valence-corrected chi connectivity index (χ1v) is 9.32. The largest absolute Gasteiger partial charge is 0.493 e. The molecule has 9 nitrogen and oxygen atoms in total. The van der Waals surface area contributed by atoms with E-state index in [2.05, 4.69) is 20.2 Å². The minimum atomic E-state index is -0.553. The molecular weight excluding hydrogens is 394 g/mol. The van der Waals surface area contributed by atoms with Crippen molar-refractivity contribution in [1.82, 2.24) is 9.97 Å². The second-order valence-electron chi connectivity index (χ2n) is 6.07. The molecule has 1 amide bonds. The topological polar surface area (TPSA) is 134 Å². The van der Waals surface area contributed by atoms with Crippen molar-refractivity contribution in [2.75, 3.05) is 0 Å². The molecule has 0 aliphatic rings. The van der Waals surface area contributed by atoms with E-state index in [1.807, 2.05) is 35.7 Å². The Morgan fingerprint density at radius 1 is 1.24 bits per heavy atom. The number of aromatic hydroxyl groups is 1. The number of hydrogen-bond donors (Lipinski definition) is 2. The van der Waals surface area contributed by atoms with Gasteiger partial charge in [0.25, 0.3) is 11.6 Å². The van der Waals surface area contributed by atoms with Crippen molar-refractivity contribution in [3.05, 3.63) is 69.0 Å². The van der Waals surface area contributed by atoms with Gasteiger partial charge in [0.2, 0.25) is 5.88 Å². The van der Waals surface area contributed by atoms with Crippen molar-refractivity contribution < 1.29 is 14.8 Å². The maximum atomic E-state index is 12.2. The van der Waals surface area contributed by atoms with Crippen molar-refractivity contribution in [3.63, 3.8) is 0 Å². The van der Waals surface area contributed by atoms with Crippen LogP contribution in [-0.4, -0.2) is 25.9 Å². The fraction of sp³-hybridized carbons (Fsp3) is 0.0526. The van der Waals surface area contributed by atoms with Crippen molar-refractivity contribution >= 4 is 39.5 Å². The Kier molecular flexibility index (Phi) is 4.83. The number of nitro groups is 1. The zero-order valence-corrected chi connectivity index (χ0v) is 15.6. The third-order valence-electron chi connectivity index (χ3n) is 4.13. The monoisotopic (exact) mass is 407 g/mol. The Balaban J connectivity index is 1.53. The van der Waals surface area contributed by atoms with Crippen LogP contribution in [0.15, 0.2) is 64.1 Å². The minimum Gasteiger partial charge on any atom is -0.493 e. The van der Waals surface area contributed by atoms with Gasteiger partial charge < -0.3 is 10.1 Å². The molecule has 0 saturated heterocycles. The Morgan fingerprint density at radius 3 is 2.79 bits per heavy atom. The molecule has 2 aromatic carbocycles. The molecule has 0 radical (unpaired) electrons. The molecule has 0 aliphatic carbocycles. The highest BCUT2D eigenvalue weighted by Gasteiger charge is 2.16. The number of aromatic nitrogens is 2. The summed E-state index contributed by atoms with van der Waals surface area (Å²) in [5.74, 6) is -0.865. The Labute approximate surface area is 167 Å². The second kappa shape index (κ2) is 7.60. The van der Waals surface area contributed by atoms with Crippen LogP contribution < -0.4 is 0 Å². The lowest BCUT2D eigenvalue weighted by Crippen LogP contribution is -1.97. The first kappa shape index (κ1) is 18.4. The summed E-state index contributed by atoms with van der Waals surface area (Å²) in [4.78, 5) is 29.7. The summed E-state index contributed by atoms with van der Waals surface area (Å²) in [6, 6.07) is 13.6. The molecule has 0 saturated carbocycles. The molecule has 144 valence electrons. The Hall–Kier alpha value is -3.92. The van der Waals surface area contributed by atoms with Gasteiger partial charge in [0.05, 0.1) is 22.6 Å². The number of nitrogens with one attached hydrogen (secondary N) is 1. The SMILES string of the molecule is O=C(Cc1nc(-c2ccccc2)cs1)N=Nc1c(O)[nH]c2ccc([N+](=O)[O-])cc12. The van der Waals surface area contributed by atoms with E-state index >= 15 is 0 Å². The van der Waals surface area contributed by atoms with E-state index in [4.69, 9.17) is 0 Å². The number of nitro benzene ring substituents is 1. The molecule has 4 aromatic rings. The summed E-state index contributed by atoms with van der Waals surface area (Å²) < 4.78 is 0. The van der Waals surface area contributed by atoms with Crippen LogP contribution in [0, 0.1) is 10.1 Å². The third kappa shape index (κ3) is 3.87. The van der Waals surface area contributed by atoms with Crippen LogP contribution in [0.1, 0.15) is 5.01 Å². The number of amides is 1. The highest BCUT2D eigenvalue weighted by atomic mass is 32.1. The number of hydrogen-bond acceptors (Lipinski definition) is 7. The molecule has 0 bridgehead atoms. The predicted octanol–water partition coefficient (Wildman–Crippen LogP) is 4.76. The maximum Gasteiger partial charge on any atom is 0.271 e. The molecule has 0 unspecified atom stereocenters. The van der Waals surface area contributed by atoms with Gasteiger partial charge in [-0.15, -0.1) is 21.6 Å². The molecule has 29 heavy (non-hydrogen) atoms. The standard InChI is InChI=1S/C19H13N5O4S/c25-16(9-17-20-15(10-29-17)11-4-2-1-3-5-11)22-23-18-13-8-12(24(27)28)6-7-14(13)21-19(18)26/h1-8,10,21,26H,9H2. The first-order valence-electron chi connectivity index (χ1n) is 8.45. The maximum absolute atomic E-state index is 12.2. The van der Waals surface area contributed by atoms with Gasteiger partial charge in [0.1, 0.15) is 5.01 Å². The van der Waals surface area contributed by atoms with Crippen molar-refractivity contribution in [3.8, 4) is 17.1 Å². The molecule has 2 aromatic heterocycles. The molecule has 0 atom stereocenters. The number of nitrogens with zero attached hydrogens (tertiary/aromatic N) is 4. The number of carbonyl (C=O) groups is 1. The summed E-state index contributed by atoms with van der Waals surface area (Å²) in [6.07, 6.45) is -0.0374. The average molecular weight is 407 g/mol. The summed E-state index contributed by atoms with van der Waals surface area (Å²) in [6.45, 7) is 0. The molecule has 2 heterocycles. The molecule has 2 N–H and O–H groups in total. The van der Waals surface area contributed by atoms with Gasteiger partial charge in [-0.3, -0.25) is 14.9 Å². The summed E-state index contributed by atoms with van der Waals surface area (Å²) in [5, 5.41) is 31.1. The number of azo groups is 1. The number of rotatable bonds is 5. The number of H-pyrrole nitrogens is 1. The van der Waals surface area contributed by atoms with Gasteiger partial charge in [-0.05, 0) is 6.07 Å². The quantitative estimate of drug-likeness (QED) is 0.279. The Morgan fingerprint density at radius 2 is 2.03 bits per heavy atom. The highest BCUT2D eigenvalue weighted by Crippen LogP contribution is 2.37. The smallest absolute Gasteiger partial charge is 0.271 e. The van der Waals surface area contributed by atoms with Crippen LogP contribution in [0.25, 0.3) is 22.2 Å². The number of carbonyl (C=O) groups excluding carboxylic acids is 1. The van der Waals surface area contributed by atoms with Gasteiger partial charge >= 0.3 is 0 Å². The molecule has 0 aliphatic heterocycles. The Bertz CT molecular complexity index is 1250. The van der Waals surface area contributed by atoms with E-state index < -0.39 is 10.8 Å². The summed E-state index contributed by atoms with van der Waals surface area (Å²) in [7, 11) is 0. The lowest BCUT2D eigenvalue weighted by atomic mass is 10.2. The van der Waals surface area contributed by atoms with Crippen LogP contribution in [0.2, 0.25) is 0 Å². The van der Waals surface area contributed by atoms with Gasteiger partial charge in [-0.1, -0.05) is 30.3 Å². The first-order chi connectivity index (χ1) is 14.0. The van der Waals surface area contributed by atoms with Crippen LogP contribution in [0.3, 0.4) is 0 Å². The van der Waals surface area contributed by atoms with Crippen molar-refractivity contribution in [1.29, 1.82) is 0 Å². The van der Waals surface area contributed by atoms with Crippen LogP contribution in [0.5, 0.6) is 5.88 Å². The molecule has 4 rings (SSSR count). The minimum absolute atomic E-state index is 0.0267. The lowest BCUT2D eigenvalue weighted by Gasteiger charge is -1.95. The van der Waals surface area contributed by atoms with Crippen LogP contribution >= 0.6 is 11.3 Å². The zero-order chi connectivity index (χ0) is 20.4. The number of aromatic amines is 1. The average Bonchev–Trinajstić information content (AvgIpc) is 3.30. The van der Waals surface area contributed by atoms with E-state index in [1.54, 1.807) is 0 Å². The van der Waals surface area contributed by atoms with Gasteiger partial charge in [-0.2, -0.15) is 0 Å². The number of benzene rings is 2. The molecule has 0 fully saturated rings. The number of non-ortho nitro benzene ring substituents is 1. The van der Waals surface area contributed by atoms with Gasteiger partial charge in [0, 0.05) is 28.5 Å². The predicted molar refractivity (Wildman–Crippen MR) is 107 cm³/mol. The van der Waals surface area contributed by atoms with E-state index in [9.17, 15) is 20.0 Å². The fourth-order valence-corrected chi connectivity index (χ4v) is 3.56. The lowest BCUT2D eigenvalue weighted by molar-refractivity contribution is -0.384. The van der Waals surface area contributed by atoms with E-state index in [0.717, 1.165) is 11.3 Å². The van der Waals surface area contributed by atoms with Crippen LogP contribution in [-0.2, 0) is 11.2 Å². The van der Waals surface area contributed by atoms with Gasteiger partial charge in [-0.25, -0.2) is 4.98 Å². The normalized spacial score (nSPS) is 11.3. The third-order valence-corrected chi connectivity index (χ3v) is 4.98.